The third-order valence-corrected chi connectivity index (χ3v) is 3.59. The molecule has 0 rings (SSSR count). The van der Waals surface area contributed by atoms with Gasteiger partial charge in [0.25, 0.3) is 0 Å². The minimum absolute atomic E-state index is 0. The van der Waals surface area contributed by atoms with Crippen molar-refractivity contribution in [1.82, 2.24) is 0 Å². The molecule has 0 saturated carbocycles. The van der Waals surface area contributed by atoms with Crippen molar-refractivity contribution in [2.24, 2.45) is 5.73 Å². The number of hydrogen-bond acceptors (Lipinski definition) is 4. The first-order valence-corrected chi connectivity index (χ1v) is 9.00. The van der Waals surface area contributed by atoms with E-state index < -0.39 is 24.4 Å². The van der Waals surface area contributed by atoms with Gasteiger partial charge >= 0.3 is 41.5 Å². The van der Waals surface area contributed by atoms with E-state index in [0.29, 0.717) is 6.42 Å². The van der Waals surface area contributed by atoms with Gasteiger partial charge in [-0.05, 0) is 0 Å². The summed E-state index contributed by atoms with van der Waals surface area (Å²) in [7, 11) is 0. The van der Waals surface area contributed by atoms with Crippen molar-refractivity contribution in [1.29, 1.82) is 0 Å². The van der Waals surface area contributed by atoms with Gasteiger partial charge in [-0.25, -0.2) is 0 Å². The molecule has 6 nitrogen and oxygen atoms in total. The molecule has 0 fully saturated rings. The van der Waals surface area contributed by atoms with E-state index >= 15 is 0 Å². The first-order valence-electron chi connectivity index (χ1n) is 9.00. The number of carbonyl (C=O) groups excluding carboxylic acids is 1. The zero-order valence-corrected chi connectivity index (χ0v) is 18.0. The zero-order valence-electron chi connectivity index (χ0n) is 16.0. The molecule has 0 spiro atoms. The van der Waals surface area contributed by atoms with Gasteiger partial charge in [0.2, 0.25) is 0 Å². The van der Waals surface area contributed by atoms with E-state index in [0.717, 1.165) is 6.42 Å². The molecule has 0 aliphatic rings. The molecule has 0 aliphatic heterocycles. The average molecular weight is 367 g/mol. The average Bonchev–Trinajstić information content (AvgIpc) is 2.52. The van der Waals surface area contributed by atoms with Crippen LogP contribution in [0, 0.1) is 0 Å². The van der Waals surface area contributed by atoms with Gasteiger partial charge in [0, 0.05) is 0 Å². The summed E-state index contributed by atoms with van der Waals surface area (Å²) in [6, 6.07) is -1.29. The molecule has 0 heterocycles. The Bertz CT molecular complexity index is 327. The van der Waals surface area contributed by atoms with Crippen LogP contribution >= 0.6 is 0 Å². The van der Waals surface area contributed by atoms with Crippen LogP contribution in [0.4, 0.5) is 0 Å². The zero-order chi connectivity index (χ0) is 18.6. The van der Waals surface area contributed by atoms with Crippen LogP contribution in [0.5, 0.6) is 0 Å². The summed E-state index contributed by atoms with van der Waals surface area (Å²) in [4.78, 5) is 29.6. The van der Waals surface area contributed by atoms with Gasteiger partial charge in [-0.15, -0.1) is 0 Å². The molecule has 0 aromatic rings. The normalized spacial score (nSPS) is 10.8. The summed E-state index contributed by atoms with van der Waals surface area (Å²) < 4.78 is 0. The molecule has 0 bridgehead atoms. The van der Waals surface area contributed by atoms with Gasteiger partial charge in [0.15, 0.2) is 0 Å². The van der Waals surface area contributed by atoms with Crippen molar-refractivity contribution in [3.8, 4) is 0 Å². The fourth-order valence-electron chi connectivity index (χ4n) is 2.14. The largest absolute Gasteiger partial charge is 1.00 e. The van der Waals surface area contributed by atoms with Gasteiger partial charge in [-0.1, -0.05) is 77.6 Å². The van der Waals surface area contributed by atoms with E-state index in [4.69, 9.17) is 15.9 Å². The number of aliphatic carboxylic acids is 2. The maximum atomic E-state index is 9.94. The predicted octanol–water partition coefficient (Wildman–Crippen LogP) is 0.674. The van der Waals surface area contributed by atoms with Crippen LogP contribution in [0.1, 0.15) is 90.4 Å². The summed E-state index contributed by atoms with van der Waals surface area (Å²) in [5.74, 6) is -2.50. The van der Waals surface area contributed by atoms with Crippen molar-refractivity contribution >= 4 is 18.2 Å². The smallest absolute Gasteiger partial charge is 0.542 e. The number of carboxylic acid groups (broad SMARTS) is 2. The van der Waals surface area contributed by atoms with Crippen LogP contribution < -0.4 is 35.3 Å². The summed E-state index contributed by atoms with van der Waals surface area (Å²) in [6.45, 7) is 2.26. The first-order chi connectivity index (χ1) is 11.5. The second-order valence-corrected chi connectivity index (χ2v) is 5.97. The second-order valence-electron chi connectivity index (χ2n) is 5.97. The van der Waals surface area contributed by atoms with Gasteiger partial charge in [-0.3, -0.25) is 15.9 Å². The topological polar surface area (TPSA) is 118 Å². The van der Waals surface area contributed by atoms with Crippen LogP contribution in [0.3, 0.4) is 0 Å². The molecule has 0 unspecified atom stereocenters. The van der Waals surface area contributed by atoms with Crippen molar-refractivity contribution in [3.05, 3.63) is 0 Å². The third-order valence-electron chi connectivity index (χ3n) is 3.59. The van der Waals surface area contributed by atoms with Crippen LogP contribution in [0.25, 0.3) is 0 Å². The standard InChI is InChI=1S/C14H27O.C4H7NO4.Na/c1-2-3-4-5-6-7-8-9-10-11-12-13-14-15;5-2(4(8)9)1-3(6)7;/h2-13H2,1H3;2H,1,5H2,(H,6,7)(H,8,9);/q-1;;+1/t;2-;/m.0./s1. The summed E-state index contributed by atoms with van der Waals surface area (Å²) in [5.41, 5.74) is 4.84. The fourth-order valence-corrected chi connectivity index (χ4v) is 2.14. The second kappa shape index (κ2) is 23.6. The molecule has 0 saturated heterocycles. The summed E-state index contributed by atoms with van der Waals surface area (Å²) in [5, 5.41) is 16.0. The maximum absolute atomic E-state index is 9.94. The van der Waals surface area contributed by atoms with Gasteiger partial charge < -0.3 is 20.7 Å². The van der Waals surface area contributed by atoms with Crippen molar-refractivity contribution in [3.63, 3.8) is 0 Å². The molecule has 0 aromatic heterocycles. The number of carbonyl (C=O) groups is 2. The molecule has 0 aromatic carbocycles. The van der Waals surface area contributed by atoms with Gasteiger partial charge in [0.1, 0.15) is 6.04 Å². The monoisotopic (exact) mass is 367 g/mol. The molecule has 0 aliphatic carbocycles. The van der Waals surface area contributed by atoms with E-state index in [1.807, 2.05) is 6.29 Å². The molecule has 25 heavy (non-hydrogen) atoms. The van der Waals surface area contributed by atoms with Crippen molar-refractivity contribution in [2.75, 3.05) is 0 Å². The van der Waals surface area contributed by atoms with E-state index in [2.05, 4.69) is 6.92 Å². The number of hydrogen-bond donors (Lipinski definition) is 3. The maximum Gasteiger partial charge on any atom is 1.00 e. The van der Waals surface area contributed by atoms with Gasteiger partial charge in [-0.2, -0.15) is 6.42 Å². The van der Waals surface area contributed by atoms with E-state index in [-0.39, 0.29) is 29.6 Å². The Balaban J connectivity index is -0.000000418. The number of unbranched alkanes of at least 4 members (excludes halogenated alkanes) is 11. The van der Waals surface area contributed by atoms with Crippen LogP contribution in [0.2, 0.25) is 0 Å². The molecule has 0 radical (unpaired) electrons. The molecule has 4 N–H and O–H groups in total. The third kappa shape index (κ3) is 28.6. The van der Waals surface area contributed by atoms with E-state index in [1.54, 1.807) is 0 Å². The predicted molar refractivity (Wildman–Crippen MR) is 94.6 cm³/mol. The molecule has 0 amide bonds. The number of nitrogens with two attached hydrogens (primary N) is 1. The van der Waals surface area contributed by atoms with E-state index in [1.165, 1.54) is 64.2 Å². The molecular formula is C18H34NNaO5. The van der Waals surface area contributed by atoms with Crippen LogP contribution in [-0.2, 0) is 14.4 Å². The van der Waals surface area contributed by atoms with Crippen molar-refractivity contribution in [2.45, 2.75) is 96.4 Å². The minimum Gasteiger partial charge on any atom is -0.542 e. The Labute approximate surface area is 174 Å². The Morgan fingerprint density at radius 2 is 1.28 bits per heavy atom. The van der Waals surface area contributed by atoms with Crippen LogP contribution in [-0.4, -0.2) is 34.5 Å². The Morgan fingerprint density at radius 3 is 1.56 bits per heavy atom. The molecule has 1 atom stereocenters. The summed E-state index contributed by atoms with van der Waals surface area (Å²) >= 11 is 0. The number of carboxylic acids is 2. The Kier molecular flexibility index (Phi) is 27.7. The minimum atomic E-state index is -1.29. The molecular weight excluding hydrogens is 333 g/mol. The quantitative estimate of drug-likeness (QED) is 0.222. The van der Waals surface area contributed by atoms with Crippen molar-refractivity contribution < 1.29 is 54.2 Å². The van der Waals surface area contributed by atoms with Crippen LogP contribution in [0.15, 0.2) is 0 Å². The SMILES string of the molecule is CCCCCCCCCCCCC[C-]=O.N[C@@H](CC(=O)O)C(=O)O.[Na+]. The Morgan fingerprint density at radius 1 is 0.880 bits per heavy atom. The molecule has 142 valence electrons. The summed E-state index contributed by atoms with van der Waals surface area (Å²) in [6.07, 6.45) is 16.8. The number of rotatable bonds is 15. The van der Waals surface area contributed by atoms with E-state index in [9.17, 15) is 14.4 Å². The molecule has 7 heteroatoms. The first kappa shape index (κ1) is 29.3. The van der Waals surface area contributed by atoms with Gasteiger partial charge in [0.05, 0.1) is 6.42 Å². The fraction of sp³-hybridized carbons (Fsp3) is 0.833. The Hall–Kier alpha value is -0.430.